The average molecular weight is 445 g/mol. The lowest BCUT2D eigenvalue weighted by molar-refractivity contribution is -0.126. The van der Waals surface area contributed by atoms with Gasteiger partial charge in [-0.2, -0.15) is 0 Å². The number of ether oxygens (including phenoxy) is 2. The van der Waals surface area contributed by atoms with Crippen LogP contribution in [0.15, 0.2) is 36.5 Å². The van der Waals surface area contributed by atoms with Gasteiger partial charge in [0.05, 0.1) is 19.2 Å². The molecular formula is C21H21ClN4O3S. The van der Waals surface area contributed by atoms with E-state index in [1.54, 1.807) is 48.9 Å². The summed E-state index contributed by atoms with van der Waals surface area (Å²) in [7, 11) is 3.08. The number of piperazine rings is 1. The van der Waals surface area contributed by atoms with Gasteiger partial charge in [-0.25, -0.2) is 9.97 Å². The highest BCUT2D eigenvalue weighted by Crippen LogP contribution is 2.36. The third kappa shape index (κ3) is 4.20. The number of anilines is 1. The molecule has 7 nitrogen and oxygen atoms in total. The van der Waals surface area contributed by atoms with E-state index in [1.165, 1.54) is 7.11 Å². The number of aromatic nitrogens is 2. The molecule has 0 spiro atoms. The van der Waals surface area contributed by atoms with Crippen molar-refractivity contribution in [2.45, 2.75) is 0 Å². The minimum atomic E-state index is -0.0356. The first kappa shape index (κ1) is 20.4. The predicted octanol–water partition coefficient (Wildman–Crippen LogP) is 3.72. The van der Waals surface area contributed by atoms with Crippen LogP contribution in [0.4, 0.5) is 5.13 Å². The molecular weight excluding hydrogens is 424 g/mol. The molecule has 0 radical (unpaired) electrons. The summed E-state index contributed by atoms with van der Waals surface area (Å²) in [6, 6.07) is 7.38. The summed E-state index contributed by atoms with van der Waals surface area (Å²) in [4.78, 5) is 26.6. The van der Waals surface area contributed by atoms with E-state index in [2.05, 4.69) is 14.9 Å². The molecule has 0 aliphatic carbocycles. The summed E-state index contributed by atoms with van der Waals surface area (Å²) < 4.78 is 10.5. The van der Waals surface area contributed by atoms with Gasteiger partial charge in [0.15, 0.2) is 16.6 Å². The molecule has 9 heteroatoms. The van der Waals surface area contributed by atoms with Gasteiger partial charge in [-0.3, -0.25) is 4.79 Å². The number of thiazole rings is 1. The molecule has 1 fully saturated rings. The molecule has 3 aromatic rings. The molecule has 0 atom stereocenters. The number of methoxy groups -OCH3 is 2. The van der Waals surface area contributed by atoms with Crippen LogP contribution < -0.4 is 14.4 Å². The quantitative estimate of drug-likeness (QED) is 0.559. The second-order valence-electron chi connectivity index (χ2n) is 6.71. The fourth-order valence-corrected chi connectivity index (χ4v) is 4.58. The Labute approximate surface area is 183 Å². The van der Waals surface area contributed by atoms with E-state index in [0.29, 0.717) is 29.6 Å². The summed E-state index contributed by atoms with van der Waals surface area (Å²) in [5.41, 5.74) is 1.68. The smallest absolute Gasteiger partial charge is 0.246 e. The first-order chi connectivity index (χ1) is 14.6. The molecule has 1 amide bonds. The van der Waals surface area contributed by atoms with Crippen LogP contribution in [0.5, 0.6) is 11.5 Å². The van der Waals surface area contributed by atoms with Gasteiger partial charge in [0.25, 0.3) is 0 Å². The third-order valence-electron chi connectivity index (χ3n) is 4.89. The SMILES string of the molecule is COc1cc(/C=C/C(=O)N2CCN(c3nc4cccnc4s3)CC2)cc(Cl)c1OC. The van der Waals surface area contributed by atoms with Crippen LogP contribution in [0.2, 0.25) is 5.02 Å². The van der Waals surface area contributed by atoms with Crippen LogP contribution in [-0.4, -0.2) is 61.2 Å². The van der Waals surface area contributed by atoms with Crippen molar-refractivity contribution >= 4 is 50.4 Å². The number of benzene rings is 1. The molecule has 2 aromatic heterocycles. The number of hydrogen-bond donors (Lipinski definition) is 0. The highest BCUT2D eigenvalue weighted by molar-refractivity contribution is 7.21. The number of pyridine rings is 1. The molecule has 1 saturated heterocycles. The van der Waals surface area contributed by atoms with Gasteiger partial charge < -0.3 is 19.3 Å². The molecule has 4 rings (SSSR count). The van der Waals surface area contributed by atoms with Crippen LogP contribution in [-0.2, 0) is 4.79 Å². The van der Waals surface area contributed by atoms with Gasteiger partial charge in [0.2, 0.25) is 5.91 Å². The van der Waals surface area contributed by atoms with Crippen molar-refractivity contribution in [3.05, 3.63) is 47.1 Å². The van der Waals surface area contributed by atoms with Crippen molar-refractivity contribution in [2.75, 3.05) is 45.3 Å². The summed E-state index contributed by atoms with van der Waals surface area (Å²) in [6.45, 7) is 2.75. The van der Waals surface area contributed by atoms with Gasteiger partial charge in [-0.1, -0.05) is 22.9 Å². The van der Waals surface area contributed by atoms with Crippen LogP contribution in [0.25, 0.3) is 16.4 Å². The van der Waals surface area contributed by atoms with Gasteiger partial charge in [0.1, 0.15) is 10.3 Å². The highest BCUT2D eigenvalue weighted by atomic mass is 35.5. The Morgan fingerprint density at radius 2 is 2.00 bits per heavy atom. The zero-order valence-corrected chi connectivity index (χ0v) is 18.2. The Morgan fingerprint density at radius 1 is 1.20 bits per heavy atom. The molecule has 30 heavy (non-hydrogen) atoms. The third-order valence-corrected chi connectivity index (χ3v) is 6.21. The number of fused-ring (bicyclic) bond motifs is 1. The maximum atomic E-state index is 12.6. The molecule has 0 N–H and O–H groups in total. The number of rotatable bonds is 5. The number of amides is 1. The zero-order chi connectivity index (χ0) is 21.1. The fourth-order valence-electron chi connectivity index (χ4n) is 3.32. The topological polar surface area (TPSA) is 67.8 Å². The van der Waals surface area contributed by atoms with E-state index >= 15 is 0 Å². The normalized spacial score (nSPS) is 14.5. The van der Waals surface area contributed by atoms with E-state index in [9.17, 15) is 4.79 Å². The number of halogens is 1. The fraction of sp³-hybridized carbons (Fsp3) is 0.286. The van der Waals surface area contributed by atoms with Gasteiger partial charge >= 0.3 is 0 Å². The monoisotopic (exact) mass is 444 g/mol. The molecule has 1 aromatic carbocycles. The second kappa shape index (κ2) is 8.89. The molecule has 0 bridgehead atoms. The van der Waals surface area contributed by atoms with Crippen LogP contribution in [0.3, 0.4) is 0 Å². The summed E-state index contributed by atoms with van der Waals surface area (Å²) >= 11 is 7.81. The molecule has 0 unspecified atom stereocenters. The van der Waals surface area contributed by atoms with Crippen molar-refractivity contribution in [2.24, 2.45) is 0 Å². The van der Waals surface area contributed by atoms with E-state index in [4.69, 9.17) is 21.1 Å². The van der Waals surface area contributed by atoms with Crippen LogP contribution in [0, 0.1) is 0 Å². The lowest BCUT2D eigenvalue weighted by Gasteiger charge is -2.34. The van der Waals surface area contributed by atoms with Gasteiger partial charge in [-0.15, -0.1) is 0 Å². The van der Waals surface area contributed by atoms with E-state index < -0.39 is 0 Å². The maximum absolute atomic E-state index is 12.6. The first-order valence-electron chi connectivity index (χ1n) is 9.44. The number of nitrogens with zero attached hydrogens (tertiary/aromatic N) is 4. The Bertz CT molecular complexity index is 1060. The van der Waals surface area contributed by atoms with E-state index in [1.807, 2.05) is 17.0 Å². The minimum absolute atomic E-state index is 0.0356. The summed E-state index contributed by atoms with van der Waals surface area (Å²) in [5, 5.41) is 1.38. The molecule has 1 aliphatic heterocycles. The molecule has 156 valence electrons. The second-order valence-corrected chi connectivity index (χ2v) is 8.07. The zero-order valence-electron chi connectivity index (χ0n) is 16.7. The predicted molar refractivity (Wildman–Crippen MR) is 120 cm³/mol. The number of hydrogen-bond acceptors (Lipinski definition) is 7. The Morgan fingerprint density at radius 3 is 2.70 bits per heavy atom. The molecule has 3 heterocycles. The van der Waals surface area contributed by atoms with Crippen LogP contribution >= 0.6 is 22.9 Å². The van der Waals surface area contributed by atoms with Crippen LogP contribution in [0.1, 0.15) is 5.56 Å². The summed E-state index contributed by atoms with van der Waals surface area (Å²) in [5.74, 6) is 0.964. The van der Waals surface area contributed by atoms with E-state index in [0.717, 1.165) is 34.1 Å². The Balaban J connectivity index is 1.39. The lowest BCUT2D eigenvalue weighted by atomic mass is 10.1. The van der Waals surface area contributed by atoms with Crippen molar-refractivity contribution in [1.29, 1.82) is 0 Å². The number of carbonyl (C=O) groups is 1. The lowest BCUT2D eigenvalue weighted by Crippen LogP contribution is -2.48. The van der Waals surface area contributed by atoms with Crippen molar-refractivity contribution in [1.82, 2.24) is 14.9 Å². The Hall–Kier alpha value is -2.84. The average Bonchev–Trinajstić information content (AvgIpc) is 3.21. The molecule has 1 aliphatic rings. The van der Waals surface area contributed by atoms with Gasteiger partial charge in [0, 0.05) is 38.5 Å². The minimum Gasteiger partial charge on any atom is -0.493 e. The van der Waals surface area contributed by atoms with Gasteiger partial charge in [-0.05, 0) is 35.9 Å². The molecule has 0 saturated carbocycles. The van der Waals surface area contributed by atoms with E-state index in [-0.39, 0.29) is 5.91 Å². The van der Waals surface area contributed by atoms with Crippen molar-refractivity contribution in [3.8, 4) is 11.5 Å². The standard InChI is InChI=1S/C21H21ClN4O3S/c1-28-17-13-14(12-15(22)19(17)29-2)5-6-18(27)25-8-10-26(11-9-25)21-24-16-4-3-7-23-20(16)30-21/h3-7,12-13H,8-11H2,1-2H3/b6-5+. The first-order valence-corrected chi connectivity index (χ1v) is 10.6. The van der Waals surface area contributed by atoms with Crippen molar-refractivity contribution in [3.63, 3.8) is 0 Å². The Kier molecular flexibility index (Phi) is 6.06. The largest absolute Gasteiger partial charge is 0.493 e. The summed E-state index contributed by atoms with van der Waals surface area (Å²) in [6.07, 6.45) is 5.08. The van der Waals surface area contributed by atoms with Crippen molar-refractivity contribution < 1.29 is 14.3 Å². The number of carbonyl (C=O) groups excluding carboxylic acids is 1. The maximum Gasteiger partial charge on any atom is 0.246 e. The highest BCUT2D eigenvalue weighted by Gasteiger charge is 2.22.